The first kappa shape index (κ1) is 14.0. The molecule has 1 aromatic carbocycles. The fraction of sp³-hybridized carbons (Fsp3) is 0.412. The molecule has 0 saturated carbocycles. The molecule has 0 aromatic heterocycles. The third-order valence-electron chi connectivity index (χ3n) is 4.26. The van der Waals surface area contributed by atoms with Gasteiger partial charge in [0.1, 0.15) is 5.60 Å². The molecule has 4 nitrogen and oxygen atoms in total. The monoisotopic (exact) mass is 285 g/mol. The predicted octanol–water partition coefficient (Wildman–Crippen LogP) is 2.05. The van der Waals surface area contributed by atoms with Gasteiger partial charge in [0.25, 0.3) is 0 Å². The summed E-state index contributed by atoms with van der Waals surface area (Å²) in [4.78, 5) is 26.0. The molecule has 2 heterocycles. The van der Waals surface area contributed by atoms with Crippen molar-refractivity contribution in [2.75, 3.05) is 19.7 Å². The van der Waals surface area contributed by atoms with Crippen LogP contribution in [-0.2, 0) is 14.3 Å². The number of piperidine rings is 1. The maximum absolute atomic E-state index is 12.3. The molecular formula is C17H19NO3. The lowest BCUT2D eigenvalue weighted by molar-refractivity contribution is -0.151. The van der Waals surface area contributed by atoms with Crippen LogP contribution >= 0.6 is 0 Å². The van der Waals surface area contributed by atoms with E-state index in [1.54, 1.807) is 11.0 Å². The van der Waals surface area contributed by atoms with E-state index in [-0.39, 0.29) is 18.2 Å². The Morgan fingerprint density at radius 1 is 1.24 bits per heavy atom. The highest BCUT2D eigenvalue weighted by Crippen LogP contribution is 2.33. The molecule has 0 aliphatic carbocycles. The second-order valence-corrected chi connectivity index (χ2v) is 5.62. The number of benzene rings is 1. The molecule has 21 heavy (non-hydrogen) atoms. The van der Waals surface area contributed by atoms with Crippen LogP contribution in [-0.4, -0.2) is 41.9 Å². The molecule has 1 spiro atoms. The standard InChI is InChI=1S/C17H19NO3/c19-15-13-18(11-10-17(15)9-4-12-21-17)16(20)8-7-14-5-2-1-3-6-14/h1-3,5-8H,4,9-13H2/b8-7+/t17-/m0/s1. The maximum Gasteiger partial charge on any atom is 0.246 e. The molecule has 2 aliphatic heterocycles. The van der Waals surface area contributed by atoms with E-state index in [0.717, 1.165) is 18.4 Å². The molecule has 2 saturated heterocycles. The van der Waals surface area contributed by atoms with Crippen molar-refractivity contribution >= 4 is 17.8 Å². The van der Waals surface area contributed by atoms with Crippen molar-refractivity contribution in [2.45, 2.75) is 24.9 Å². The summed E-state index contributed by atoms with van der Waals surface area (Å²) in [5, 5.41) is 0. The predicted molar refractivity (Wildman–Crippen MR) is 79.6 cm³/mol. The summed E-state index contributed by atoms with van der Waals surface area (Å²) in [6.07, 6.45) is 5.68. The van der Waals surface area contributed by atoms with Crippen LogP contribution in [0.25, 0.3) is 6.08 Å². The van der Waals surface area contributed by atoms with Gasteiger partial charge in [-0.15, -0.1) is 0 Å². The normalized spacial score (nSPS) is 25.9. The van der Waals surface area contributed by atoms with E-state index in [1.165, 1.54) is 6.08 Å². The largest absolute Gasteiger partial charge is 0.367 e. The zero-order valence-electron chi connectivity index (χ0n) is 12.0. The van der Waals surface area contributed by atoms with Crippen molar-refractivity contribution in [3.8, 4) is 0 Å². The number of ether oxygens (including phenoxy) is 1. The van der Waals surface area contributed by atoms with Gasteiger partial charge in [0.15, 0.2) is 5.78 Å². The summed E-state index contributed by atoms with van der Waals surface area (Å²) in [5.74, 6) is -0.0623. The number of nitrogens with zero attached hydrogens (tertiary/aromatic N) is 1. The van der Waals surface area contributed by atoms with Gasteiger partial charge in [0.05, 0.1) is 6.54 Å². The number of rotatable bonds is 2. The van der Waals surface area contributed by atoms with Crippen molar-refractivity contribution in [1.82, 2.24) is 4.90 Å². The van der Waals surface area contributed by atoms with Crippen LogP contribution in [0, 0.1) is 0 Å². The van der Waals surface area contributed by atoms with E-state index >= 15 is 0 Å². The minimum Gasteiger partial charge on any atom is -0.367 e. The zero-order valence-corrected chi connectivity index (χ0v) is 12.0. The highest BCUT2D eigenvalue weighted by Gasteiger charge is 2.46. The minimum absolute atomic E-state index is 0.0488. The van der Waals surface area contributed by atoms with Gasteiger partial charge in [-0.25, -0.2) is 0 Å². The fourth-order valence-electron chi connectivity index (χ4n) is 2.99. The van der Waals surface area contributed by atoms with E-state index in [0.29, 0.717) is 19.6 Å². The van der Waals surface area contributed by atoms with Crippen LogP contribution < -0.4 is 0 Å². The number of hydrogen-bond donors (Lipinski definition) is 0. The molecule has 0 unspecified atom stereocenters. The van der Waals surface area contributed by atoms with Crippen LogP contribution in [0.5, 0.6) is 0 Å². The molecule has 3 rings (SSSR count). The van der Waals surface area contributed by atoms with Gasteiger partial charge < -0.3 is 9.64 Å². The molecule has 0 radical (unpaired) electrons. The molecule has 4 heteroatoms. The van der Waals surface area contributed by atoms with Crippen molar-refractivity contribution in [3.05, 3.63) is 42.0 Å². The van der Waals surface area contributed by atoms with Gasteiger partial charge in [-0.05, 0) is 24.5 Å². The minimum atomic E-state index is -0.597. The smallest absolute Gasteiger partial charge is 0.246 e. The Hall–Kier alpha value is -1.94. The average molecular weight is 285 g/mol. The lowest BCUT2D eigenvalue weighted by Crippen LogP contribution is -2.53. The summed E-state index contributed by atoms with van der Waals surface area (Å²) in [6.45, 7) is 1.41. The first-order chi connectivity index (χ1) is 10.2. The van der Waals surface area contributed by atoms with Gasteiger partial charge in [-0.1, -0.05) is 30.3 Å². The Labute approximate surface area is 124 Å². The molecule has 0 N–H and O–H groups in total. The number of carbonyl (C=O) groups is 2. The zero-order chi connectivity index (χ0) is 14.7. The van der Waals surface area contributed by atoms with Gasteiger partial charge in [-0.2, -0.15) is 0 Å². The quantitative estimate of drug-likeness (QED) is 0.781. The van der Waals surface area contributed by atoms with Crippen LogP contribution in [0.3, 0.4) is 0 Å². The summed E-state index contributed by atoms with van der Waals surface area (Å²) in [7, 11) is 0. The number of Topliss-reactive ketones (excluding diaryl/α,β-unsaturated/α-hetero) is 1. The molecular weight excluding hydrogens is 266 g/mol. The highest BCUT2D eigenvalue weighted by atomic mass is 16.5. The van der Waals surface area contributed by atoms with Gasteiger partial charge >= 0.3 is 0 Å². The van der Waals surface area contributed by atoms with E-state index in [1.807, 2.05) is 30.3 Å². The van der Waals surface area contributed by atoms with Crippen LogP contribution in [0.2, 0.25) is 0 Å². The van der Waals surface area contributed by atoms with E-state index in [4.69, 9.17) is 4.74 Å². The van der Waals surface area contributed by atoms with Crippen LogP contribution in [0.15, 0.2) is 36.4 Å². The molecule has 1 aromatic rings. The van der Waals surface area contributed by atoms with Gasteiger partial charge in [0.2, 0.25) is 5.91 Å². The van der Waals surface area contributed by atoms with Crippen molar-refractivity contribution in [2.24, 2.45) is 0 Å². The maximum atomic E-state index is 12.3. The summed E-state index contributed by atoms with van der Waals surface area (Å²) in [6, 6.07) is 9.66. The number of carbonyl (C=O) groups excluding carboxylic acids is 2. The first-order valence-corrected chi connectivity index (χ1v) is 7.39. The topological polar surface area (TPSA) is 46.6 Å². The lowest BCUT2D eigenvalue weighted by Gasteiger charge is -2.36. The van der Waals surface area contributed by atoms with Crippen molar-refractivity contribution in [1.29, 1.82) is 0 Å². The fourth-order valence-corrected chi connectivity index (χ4v) is 2.99. The summed E-state index contributed by atoms with van der Waals surface area (Å²) < 4.78 is 5.65. The van der Waals surface area contributed by atoms with Crippen LogP contribution in [0.1, 0.15) is 24.8 Å². The Morgan fingerprint density at radius 3 is 2.71 bits per heavy atom. The Balaban J connectivity index is 1.62. The number of likely N-dealkylation sites (tertiary alicyclic amines) is 1. The first-order valence-electron chi connectivity index (χ1n) is 7.39. The molecule has 1 amide bonds. The van der Waals surface area contributed by atoms with E-state index < -0.39 is 5.60 Å². The third kappa shape index (κ3) is 2.90. The molecule has 0 bridgehead atoms. The van der Waals surface area contributed by atoms with Gasteiger partial charge in [0, 0.05) is 25.6 Å². The number of ketones is 1. The molecule has 2 aliphatic rings. The Bertz CT molecular complexity index is 559. The third-order valence-corrected chi connectivity index (χ3v) is 4.26. The van der Waals surface area contributed by atoms with Gasteiger partial charge in [-0.3, -0.25) is 9.59 Å². The highest BCUT2D eigenvalue weighted by molar-refractivity contribution is 5.98. The number of hydrogen-bond acceptors (Lipinski definition) is 3. The summed E-state index contributed by atoms with van der Waals surface area (Å²) >= 11 is 0. The molecule has 110 valence electrons. The van der Waals surface area contributed by atoms with E-state index in [9.17, 15) is 9.59 Å². The second kappa shape index (κ2) is 5.82. The Kier molecular flexibility index (Phi) is 3.88. The average Bonchev–Trinajstić information content (AvgIpc) is 2.99. The summed E-state index contributed by atoms with van der Waals surface area (Å²) in [5.41, 5.74) is 0.379. The van der Waals surface area contributed by atoms with Crippen molar-refractivity contribution in [3.63, 3.8) is 0 Å². The molecule has 1 atom stereocenters. The SMILES string of the molecule is O=C(/C=C/c1ccccc1)N1CC[C@@]2(CCCO2)C(=O)C1. The number of amides is 1. The lowest BCUT2D eigenvalue weighted by atomic mass is 9.87. The van der Waals surface area contributed by atoms with Crippen molar-refractivity contribution < 1.29 is 14.3 Å². The second-order valence-electron chi connectivity index (χ2n) is 5.62. The van der Waals surface area contributed by atoms with Crippen LogP contribution in [0.4, 0.5) is 0 Å². The Morgan fingerprint density at radius 2 is 2.05 bits per heavy atom. The van der Waals surface area contributed by atoms with E-state index in [2.05, 4.69) is 0 Å². The molecule has 2 fully saturated rings.